The largest absolute Gasteiger partial charge is 0.507 e. The van der Waals surface area contributed by atoms with Gasteiger partial charge >= 0.3 is 0 Å². The van der Waals surface area contributed by atoms with Gasteiger partial charge in [-0.25, -0.2) is 0 Å². The van der Waals surface area contributed by atoms with E-state index in [0.29, 0.717) is 10.6 Å². The molecule has 0 atom stereocenters. The number of aromatic nitrogens is 1. The van der Waals surface area contributed by atoms with E-state index in [-0.39, 0.29) is 11.5 Å². The molecule has 2 rings (SSSR count). The Morgan fingerprint density at radius 1 is 1.50 bits per heavy atom. The Labute approximate surface area is 97.4 Å². The van der Waals surface area contributed by atoms with Gasteiger partial charge < -0.3 is 10.1 Å². The summed E-state index contributed by atoms with van der Waals surface area (Å²) in [5.41, 5.74) is 1.44. The standard InChI is InChI=1S/C12H10ClNO2/c1-7(15)4-12(16)10-6-14-11-3-2-8(13)5-9(10)11/h2-6,14,16H,1H3/b12-4-. The molecule has 0 aliphatic heterocycles. The fourth-order valence-electron chi connectivity index (χ4n) is 1.58. The molecule has 0 bridgehead atoms. The number of fused-ring (bicyclic) bond motifs is 1. The van der Waals surface area contributed by atoms with Crippen molar-refractivity contribution in [3.05, 3.63) is 41.1 Å². The van der Waals surface area contributed by atoms with Gasteiger partial charge in [-0.15, -0.1) is 0 Å². The van der Waals surface area contributed by atoms with Crippen LogP contribution in [-0.2, 0) is 4.79 Å². The molecule has 1 aromatic carbocycles. The molecule has 0 saturated heterocycles. The van der Waals surface area contributed by atoms with Crippen molar-refractivity contribution in [1.82, 2.24) is 4.98 Å². The lowest BCUT2D eigenvalue weighted by Crippen LogP contribution is -1.87. The second-order valence-electron chi connectivity index (χ2n) is 3.53. The molecule has 2 aromatic rings. The summed E-state index contributed by atoms with van der Waals surface area (Å²) >= 11 is 5.88. The number of carbonyl (C=O) groups excluding carboxylic acids is 1. The van der Waals surface area contributed by atoms with Gasteiger partial charge in [0.25, 0.3) is 0 Å². The highest BCUT2D eigenvalue weighted by molar-refractivity contribution is 6.31. The van der Waals surface area contributed by atoms with Crippen LogP contribution in [0.15, 0.2) is 30.5 Å². The number of hydrogen-bond donors (Lipinski definition) is 2. The van der Waals surface area contributed by atoms with Crippen molar-refractivity contribution in [3.8, 4) is 0 Å². The Bertz CT molecular complexity index is 584. The number of H-pyrrole nitrogens is 1. The van der Waals surface area contributed by atoms with Gasteiger partial charge in [0.1, 0.15) is 5.76 Å². The molecule has 0 saturated carbocycles. The van der Waals surface area contributed by atoms with Crippen LogP contribution in [-0.4, -0.2) is 15.9 Å². The number of benzene rings is 1. The molecule has 0 spiro atoms. The molecular weight excluding hydrogens is 226 g/mol. The van der Waals surface area contributed by atoms with Gasteiger partial charge in [0, 0.05) is 33.8 Å². The van der Waals surface area contributed by atoms with Gasteiger partial charge in [-0.2, -0.15) is 0 Å². The third-order valence-electron chi connectivity index (χ3n) is 2.26. The Morgan fingerprint density at radius 2 is 2.25 bits per heavy atom. The Balaban J connectivity index is 2.61. The lowest BCUT2D eigenvalue weighted by molar-refractivity contribution is -0.112. The molecule has 1 aromatic heterocycles. The maximum atomic E-state index is 10.9. The summed E-state index contributed by atoms with van der Waals surface area (Å²) in [4.78, 5) is 13.9. The molecule has 0 radical (unpaired) electrons. The predicted molar refractivity (Wildman–Crippen MR) is 64.6 cm³/mol. The first-order valence-corrected chi connectivity index (χ1v) is 5.14. The highest BCUT2D eigenvalue weighted by Gasteiger charge is 2.08. The third kappa shape index (κ3) is 1.95. The minimum Gasteiger partial charge on any atom is -0.507 e. The Kier molecular flexibility index (Phi) is 2.71. The van der Waals surface area contributed by atoms with Crippen molar-refractivity contribution in [2.24, 2.45) is 0 Å². The van der Waals surface area contributed by atoms with E-state index in [4.69, 9.17) is 11.6 Å². The molecule has 0 amide bonds. The zero-order valence-electron chi connectivity index (χ0n) is 8.62. The van der Waals surface area contributed by atoms with Crippen LogP contribution in [0.5, 0.6) is 0 Å². The second-order valence-corrected chi connectivity index (χ2v) is 3.97. The SMILES string of the molecule is CC(=O)/C=C(\O)c1c[nH]c2ccc(Cl)cc12. The number of ketones is 1. The van der Waals surface area contributed by atoms with Gasteiger partial charge in [-0.05, 0) is 25.1 Å². The molecule has 0 fully saturated rings. The Morgan fingerprint density at radius 3 is 2.94 bits per heavy atom. The molecule has 0 unspecified atom stereocenters. The number of hydrogen-bond acceptors (Lipinski definition) is 2. The maximum Gasteiger partial charge on any atom is 0.156 e. The first kappa shape index (κ1) is 10.8. The van der Waals surface area contributed by atoms with Crippen LogP contribution in [0.2, 0.25) is 5.02 Å². The van der Waals surface area contributed by atoms with Crippen LogP contribution in [0.25, 0.3) is 16.7 Å². The van der Waals surface area contributed by atoms with E-state index in [2.05, 4.69) is 4.98 Å². The first-order chi connectivity index (χ1) is 7.58. The van der Waals surface area contributed by atoms with Crippen LogP contribution in [0.4, 0.5) is 0 Å². The molecule has 16 heavy (non-hydrogen) atoms. The minimum absolute atomic E-state index is 0.0546. The quantitative estimate of drug-likeness (QED) is 0.620. The molecule has 1 heterocycles. The maximum absolute atomic E-state index is 10.9. The second kappa shape index (κ2) is 4.02. The number of halogens is 1. The molecule has 4 heteroatoms. The third-order valence-corrected chi connectivity index (χ3v) is 2.49. The van der Waals surface area contributed by atoms with E-state index in [9.17, 15) is 9.90 Å². The number of carbonyl (C=O) groups is 1. The number of rotatable bonds is 2. The van der Waals surface area contributed by atoms with E-state index < -0.39 is 0 Å². The number of allylic oxidation sites excluding steroid dienone is 1. The molecule has 82 valence electrons. The van der Waals surface area contributed by atoms with Crippen LogP contribution >= 0.6 is 11.6 Å². The van der Waals surface area contributed by atoms with Gasteiger partial charge in [0.15, 0.2) is 5.78 Å². The zero-order valence-corrected chi connectivity index (χ0v) is 9.38. The normalized spacial score (nSPS) is 12.0. The van der Waals surface area contributed by atoms with E-state index in [1.807, 2.05) is 6.07 Å². The van der Waals surface area contributed by atoms with Crippen molar-refractivity contribution in [2.75, 3.05) is 0 Å². The van der Waals surface area contributed by atoms with Crippen LogP contribution in [0.3, 0.4) is 0 Å². The molecule has 3 nitrogen and oxygen atoms in total. The summed E-state index contributed by atoms with van der Waals surface area (Å²) in [6.45, 7) is 1.39. The fraction of sp³-hybridized carbons (Fsp3) is 0.0833. The lowest BCUT2D eigenvalue weighted by atomic mass is 10.1. The number of aliphatic hydroxyl groups is 1. The van der Waals surface area contributed by atoms with Gasteiger partial charge in [-0.3, -0.25) is 4.79 Å². The van der Waals surface area contributed by atoms with Crippen molar-refractivity contribution < 1.29 is 9.90 Å². The molecule has 0 aliphatic carbocycles. The summed E-state index contributed by atoms with van der Waals surface area (Å²) < 4.78 is 0. The van der Waals surface area contributed by atoms with Crippen molar-refractivity contribution in [3.63, 3.8) is 0 Å². The summed E-state index contributed by atoms with van der Waals surface area (Å²) in [6.07, 6.45) is 2.83. The average molecular weight is 236 g/mol. The average Bonchev–Trinajstić information content (AvgIpc) is 2.59. The summed E-state index contributed by atoms with van der Waals surface area (Å²) in [5, 5.41) is 11.1. The highest BCUT2D eigenvalue weighted by atomic mass is 35.5. The fourth-order valence-corrected chi connectivity index (χ4v) is 1.75. The van der Waals surface area contributed by atoms with Crippen molar-refractivity contribution in [1.29, 1.82) is 0 Å². The van der Waals surface area contributed by atoms with E-state index in [0.717, 1.165) is 10.9 Å². The number of nitrogens with one attached hydrogen (secondary N) is 1. The van der Waals surface area contributed by atoms with E-state index in [1.165, 1.54) is 13.0 Å². The van der Waals surface area contributed by atoms with Gasteiger partial charge in [0.05, 0.1) is 0 Å². The zero-order chi connectivity index (χ0) is 11.7. The highest BCUT2D eigenvalue weighted by Crippen LogP contribution is 2.26. The molecule has 2 N–H and O–H groups in total. The molecule has 0 aliphatic rings. The monoisotopic (exact) mass is 235 g/mol. The smallest absolute Gasteiger partial charge is 0.156 e. The molecular formula is C12H10ClNO2. The van der Waals surface area contributed by atoms with E-state index in [1.54, 1.807) is 18.3 Å². The van der Waals surface area contributed by atoms with Crippen LogP contribution < -0.4 is 0 Å². The van der Waals surface area contributed by atoms with Gasteiger partial charge in [-0.1, -0.05) is 11.6 Å². The predicted octanol–water partition coefficient (Wildman–Crippen LogP) is 3.31. The first-order valence-electron chi connectivity index (χ1n) is 4.76. The summed E-state index contributed by atoms with van der Waals surface area (Å²) in [5.74, 6) is -0.255. The van der Waals surface area contributed by atoms with Crippen LogP contribution in [0.1, 0.15) is 12.5 Å². The van der Waals surface area contributed by atoms with E-state index >= 15 is 0 Å². The topological polar surface area (TPSA) is 53.1 Å². The van der Waals surface area contributed by atoms with Crippen molar-refractivity contribution >= 4 is 34.0 Å². The van der Waals surface area contributed by atoms with Gasteiger partial charge in [0.2, 0.25) is 0 Å². The lowest BCUT2D eigenvalue weighted by Gasteiger charge is -1.97. The minimum atomic E-state index is -0.200. The Hall–Kier alpha value is -1.74. The van der Waals surface area contributed by atoms with Crippen molar-refractivity contribution in [2.45, 2.75) is 6.92 Å². The number of aromatic amines is 1. The van der Waals surface area contributed by atoms with Crippen LogP contribution in [0, 0.1) is 0 Å². The number of aliphatic hydroxyl groups excluding tert-OH is 1. The summed E-state index contributed by atoms with van der Waals surface area (Å²) in [6, 6.07) is 5.32. The summed E-state index contributed by atoms with van der Waals surface area (Å²) in [7, 11) is 0.